The van der Waals surface area contributed by atoms with Gasteiger partial charge >= 0.3 is 0 Å². The number of aryl methyl sites for hydroxylation is 1. The highest BCUT2D eigenvalue weighted by Gasteiger charge is 2.28. The second kappa shape index (κ2) is 11.3. The predicted molar refractivity (Wildman–Crippen MR) is 116 cm³/mol. The van der Waals surface area contributed by atoms with E-state index in [2.05, 4.69) is 5.32 Å². The van der Waals surface area contributed by atoms with Crippen LogP contribution in [-0.4, -0.2) is 35.9 Å². The second-order valence-electron chi connectivity index (χ2n) is 7.35. The lowest BCUT2D eigenvalue weighted by Gasteiger charge is -2.30. The van der Waals surface area contributed by atoms with Gasteiger partial charge in [0.15, 0.2) is 6.61 Å². The van der Waals surface area contributed by atoms with E-state index in [1.165, 1.54) is 17.0 Å². The van der Waals surface area contributed by atoms with Gasteiger partial charge in [0, 0.05) is 13.1 Å². The molecule has 2 aromatic carbocycles. The Hall–Kier alpha value is -2.89. The van der Waals surface area contributed by atoms with Crippen molar-refractivity contribution in [1.29, 1.82) is 0 Å². The average molecular weight is 415 g/mol. The number of amides is 2. The first kappa shape index (κ1) is 23.4. The summed E-state index contributed by atoms with van der Waals surface area (Å²) in [7, 11) is 0. The molecule has 6 heteroatoms. The quantitative estimate of drug-likeness (QED) is 0.635. The van der Waals surface area contributed by atoms with Gasteiger partial charge in [-0.2, -0.15) is 0 Å². The summed E-state index contributed by atoms with van der Waals surface area (Å²) in [5.74, 6) is -0.184. The maximum absolute atomic E-state index is 13.3. The van der Waals surface area contributed by atoms with Crippen molar-refractivity contribution in [1.82, 2.24) is 10.2 Å². The van der Waals surface area contributed by atoms with E-state index in [0.29, 0.717) is 18.7 Å². The van der Waals surface area contributed by atoms with Gasteiger partial charge in [0.1, 0.15) is 17.6 Å². The number of halogens is 1. The number of hydrogen-bond acceptors (Lipinski definition) is 3. The molecular weight excluding hydrogens is 383 g/mol. The first-order chi connectivity index (χ1) is 14.4. The Morgan fingerprint density at radius 1 is 1.10 bits per heavy atom. The van der Waals surface area contributed by atoms with Crippen molar-refractivity contribution in [3.63, 3.8) is 0 Å². The second-order valence-corrected chi connectivity index (χ2v) is 7.35. The Kier molecular flexibility index (Phi) is 8.84. The van der Waals surface area contributed by atoms with Crippen LogP contribution in [0.5, 0.6) is 5.75 Å². The summed E-state index contributed by atoms with van der Waals surface area (Å²) in [6.45, 7) is 8.34. The van der Waals surface area contributed by atoms with Crippen molar-refractivity contribution in [2.45, 2.75) is 53.1 Å². The molecule has 162 valence electrons. The Bertz CT molecular complexity index is 852. The van der Waals surface area contributed by atoms with Gasteiger partial charge in [0.25, 0.3) is 5.91 Å². The van der Waals surface area contributed by atoms with E-state index in [1.807, 2.05) is 45.9 Å². The first-order valence-electron chi connectivity index (χ1n) is 10.4. The van der Waals surface area contributed by atoms with E-state index in [1.54, 1.807) is 12.1 Å². The topological polar surface area (TPSA) is 58.6 Å². The molecule has 0 heterocycles. The highest BCUT2D eigenvalue weighted by Crippen LogP contribution is 2.21. The summed E-state index contributed by atoms with van der Waals surface area (Å²) in [6.07, 6.45) is 1.27. The molecule has 2 aromatic rings. The zero-order valence-corrected chi connectivity index (χ0v) is 18.2. The Morgan fingerprint density at radius 2 is 1.80 bits per heavy atom. The lowest BCUT2D eigenvalue weighted by atomic mass is 10.1. The number of benzene rings is 2. The van der Waals surface area contributed by atoms with Crippen LogP contribution in [0.15, 0.2) is 42.5 Å². The summed E-state index contributed by atoms with van der Waals surface area (Å²) >= 11 is 0. The van der Waals surface area contributed by atoms with Crippen LogP contribution in [0.1, 0.15) is 43.4 Å². The van der Waals surface area contributed by atoms with Gasteiger partial charge in [0.05, 0.1) is 0 Å². The third kappa shape index (κ3) is 6.31. The van der Waals surface area contributed by atoms with Crippen molar-refractivity contribution in [2.75, 3.05) is 13.2 Å². The van der Waals surface area contributed by atoms with Gasteiger partial charge in [0.2, 0.25) is 5.91 Å². The van der Waals surface area contributed by atoms with Crippen LogP contribution in [0.2, 0.25) is 0 Å². The number of ether oxygens (including phenoxy) is 1. The summed E-state index contributed by atoms with van der Waals surface area (Å²) in [4.78, 5) is 27.3. The van der Waals surface area contributed by atoms with Gasteiger partial charge in [-0.15, -0.1) is 0 Å². The summed E-state index contributed by atoms with van der Waals surface area (Å²) < 4.78 is 19.1. The first-order valence-corrected chi connectivity index (χ1v) is 10.4. The molecular formula is C24H31FN2O3. The SMILES string of the molecule is CCCNC(=O)[C@H](CC)N(Cc1ccc(F)cc1)C(=O)COc1cccc(C)c1C. The Labute approximate surface area is 178 Å². The number of nitrogens with zero attached hydrogens (tertiary/aromatic N) is 1. The molecule has 0 spiro atoms. The molecule has 0 aliphatic heterocycles. The third-order valence-electron chi connectivity index (χ3n) is 5.11. The number of rotatable bonds is 10. The van der Waals surface area contributed by atoms with Crippen LogP contribution in [-0.2, 0) is 16.1 Å². The van der Waals surface area contributed by atoms with Gasteiger partial charge < -0.3 is 15.0 Å². The average Bonchev–Trinajstić information content (AvgIpc) is 2.74. The largest absolute Gasteiger partial charge is 0.483 e. The maximum Gasteiger partial charge on any atom is 0.261 e. The Morgan fingerprint density at radius 3 is 2.43 bits per heavy atom. The number of carbonyl (C=O) groups is 2. The summed E-state index contributed by atoms with van der Waals surface area (Å²) in [5.41, 5.74) is 2.80. The van der Waals surface area contributed by atoms with E-state index >= 15 is 0 Å². The van der Waals surface area contributed by atoms with Gasteiger partial charge in [-0.1, -0.05) is 38.1 Å². The van der Waals surface area contributed by atoms with Crippen molar-refractivity contribution in [3.8, 4) is 5.75 Å². The molecule has 0 aliphatic rings. The van der Waals surface area contributed by atoms with Crippen molar-refractivity contribution in [2.24, 2.45) is 0 Å². The number of carbonyl (C=O) groups excluding carboxylic acids is 2. The molecule has 1 N–H and O–H groups in total. The van der Waals surface area contributed by atoms with Gasteiger partial charge in [-0.3, -0.25) is 9.59 Å². The van der Waals surface area contributed by atoms with Crippen LogP contribution >= 0.6 is 0 Å². The predicted octanol–water partition coefficient (Wildman–Crippen LogP) is 4.15. The van der Waals surface area contributed by atoms with E-state index in [9.17, 15) is 14.0 Å². The van der Waals surface area contributed by atoms with Crippen molar-refractivity contribution < 1.29 is 18.7 Å². The molecule has 0 bridgehead atoms. The molecule has 1 atom stereocenters. The fraction of sp³-hybridized carbons (Fsp3) is 0.417. The molecule has 0 saturated heterocycles. The number of nitrogens with one attached hydrogen (secondary N) is 1. The summed E-state index contributed by atoms with van der Waals surface area (Å²) in [6, 6.07) is 11.0. The molecule has 5 nitrogen and oxygen atoms in total. The zero-order valence-electron chi connectivity index (χ0n) is 18.2. The minimum absolute atomic E-state index is 0.178. The highest BCUT2D eigenvalue weighted by molar-refractivity contribution is 5.88. The minimum atomic E-state index is -0.628. The van der Waals surface area contributed by atoms with Gasteiger partial charge in [-0.05, 0) is 61.6 Å². The van der Waals surface area contributed by atoms with E-state index < -0.39 is 6.04 Å². The molecule has 0 saturated carbocycles. The van der Waals surface area contributed by atoms with Crippen molar-refractivity contribution >= 4 is 11.8 Å². The molecule has 0 radical (unpaired) electrons. The fourth-order valence-corrected chi connectivity index (χ4v) is 3.17. The molecule has 0 unspecified atom stereocenters. The van der Waals surface area contributed by atoms with E-state index in [4.69, 9.17) is 4.74 Å². The normalized spacial score (nSPS) is 11.6. The van der Waals surface area contributed by atoms with E-state index in [0.717, 1.165) is 23.1 Å². The van der Waals surface area contributed by atoms with Gasteiger partial charge in [-0.25, -0.2) is 4.39 Å². The van der Waals surface area contributed by atoms with Crippen molar-refractivity contribution in [3.05, 3.63) is 65.0 Å². The fourth-order valence-electron chi connectivity index (χ4n) is 3.17. The molecule has 0 aliphatic carbocycles. The maximum atomic E-state index is 13.3. The molecule has 2 rings (SSSR count). The standard InChI is InChI=1S/C24H31FN2O3/c1-5-14-26-24(29)21(6-2)27(15-19-10-12-20(25)13-11-19)23(28)16-30-22-9-7-8-17(3)18(22)4/h7-13,21H,5-6,14-16H2,1-4H3,(H,26,29)/t21-/m0/s1. The van der Waals surface area contributed by atoms with Crippen LogP contribution in [0.3, 0.4) is 0 Å². The zero-order chi connectivity index (χ0) is 22.1. The minimum Gasteiger partial charge on any atom is -0.483 e. The lowest BCUT2D eigenvalue weighted by molar-refractivity contribution is -0.143. The number of hydrogen-bond donors (Lipinski definition) is 1. The molecule has 30 heavy (non-hydrogen) atoms. The summed E-state index contributed by atoms with van der Waals surface area (Å²) in [5, 5.41) is 2.87. The van der Waals surface area contributed by atoms with E-state index in [-0.39, 0.29) is 30.8 Å². The van der Waals surface area contributed by atoms with Crippen LogP contribution in [0.25, 0.3) is 0 Å². The highest BCUT2D eigenvalue weighted by atomic mass is 19.1. The smallest absolute Gasteiger partial charge is 0.261 e. The molecule has 0 aromatic heterocycles. The Balaban J connectivity index is 2.21. The monoisotopic (exact) mass is 414 g/mol. The van der Waals surface area contributed by atoms with Crippen LogP contribution < -0.4 is 10.1 Å². The molecule has 0 fully saturated rings. The molecule has 2 amide bonds. The lowest BCUT2D eigenvalue weighted by Crippen LogP contribution is -2.50. The third-order valence-corrected chi connectivity index (χ3v) is 5.11. The van der Waals surface area contributed by atoms with Crippen LogP contribution in [0, 0.1) is 19.7 Å². The van der Waals surface area contributed by atoms with Crippen LogP contribution in [0.4, 0.5) is 4.39 Å².